The minimum Gasteiger partial charge on any atom is -0.392 e. The van der Waals surface area contributed by atoms with Crippen molar-refractivity contribution in [3.05, 3.63) is 65.8 Å². The zero-order valence-corrected chi connectivity index (χ0v) is 14.7. The summed E-state index contributed by atoms with van der Waals surface area (Å²) in [4.78, 5) is 10.6. The molecule has 6 nitrogen and oxygen atoms in total. The Kier molecular flexibility index (Phi) is 4.86. The normalized spacial score (nSPS) is 20.6. The van der Waals surface area contributed by atoms with Gasteiger partial charge in [-0.2, -0.15) is 18.2 Å². The highest BCUT2D eigenvalue weighted by atomic mass is 19.4. The molecule has 3 heterocycles. The van der Waals surface area contributed by atoms with Gasteiger partial charge in [0.1, 0.15) is 0 Å². The number of aromatic nitrogens is 3. The predicted octanol–water partition coefficient (Wildman–Crippen LogP) is 3.46. The van der Waals surface area contributed by atoms with Crippen molar-refractivity contribution in [2.45, 2.75) is 31.3 Å². The quantitative estimate of drug-likeness (QED) is 0.735. The van der Waals surface area contributed by atoms with E-state index in [-0.39, 0.29) is 11.9 Å². The van der Waals surface area contributed by atoms with E-state index in [2.05, 4.69) is 15.1 Å². The summed E-state index contributed by atoms with van der Waals surface area (Å²) < 4.78 is 43.5. The van der Waals surface area contributed by atoms with Gasteiger partial charge in [0.05, 0.1) is 23.4 Å². The van der Waals surface area contributed by atoms with Gasteiger partial charge in [0.25, 0.3) is 0 Å². The lowest BCUT2D eigenvalue weighted by molar-refractivity contribution is -0.137. The third kappa shape index (κ3) is 3.90. The summed E-state index contributed by atoms with van der Waals surface area (Å²) >= 11 is 0. The molecule has 3 aromatic rings. The van der Waals surface area contributed by atoms with Crippen LogP contribution < -0.4 is 0 Å². The molecule has 2 atom stereocenters. The van der Waals surface area contributed by atoms with Gasteiger partial charge in [0.15, 0.2) is 0 Å². The number of pyridine rings is 1. The van der Waals surface area contributed by atoms with Gasteiger partial charge in [0, 0.05) is 24.8 Å². The average molecular weight is 390 g/mol. The highest BCUT2D eigenvalue weighted by Gasteiger charge is 2.36. The second-order valence-electron chi connectivity index (χ2n) is 6.69. The Morgan fingerprint density at radius 1 is 1.14 bits per heavy atom. The molecule has 1 saturated heterocycles. The molecule has 146 valence electrons. The van der Waals surface area contributed by atoms with Gasteiger partial charge in [-0.15, -0.1) is 0 Å². The lowest BCUT2D eigenvalue weighted by atomic mass is 10.1. The summed E-state index contributed by atoms with van der Waals surface area (Å²) in [6, 6.07) is 9.92. The Morgan fingerprint density at radius 3 is 2.61 bits per heavy atom. The number of alkyl halides is 3. The second kappa shape index (κ2) is 7.33. The molecule has 0 amide bonds. The van der Waals surface area contributed by atoms with Gasteiger partial charge in [-0.3, -0.25) is 9.88 Å². The number of β-amino-alcohol motifs (C(OH)–C–C–N with tert-alkyl or cyclic N) is 1. The number of likely N-dealkylation sites (tertiary alicyclic amines) is 1. The monoisotopic (exact) mass is 390 g/mol. The number of benzene rings is 1. The van der Waals surface area contributed by atoms with Crippen molar-refractivity contribution in [2.24, 2.45) is 0 Å². The molecule has 1 aliphatic rings. The molecule has 28 heavy (non-hydrogen) atoms. The van der Waals surface area contributed by atoms with Crippen molar-refractivity contribution in [1.29, 1.82) is 0 Å². The molecule has 2 aromatic heterocycles. The number of aliphatic hydroxyl groups is 1. The minimum atomic E-state index is -4.40. The molecule has 0 bridgehead atoms. The molecule has 0 saturated carbocycles. The van der Waals surface area contributed by atoms with Crippen LogP contribution in [-0.4, -0.2) is 37.8 Å². The summed E-state index contributed by atoms with van der Waals surface area (Å²) in [5.41, 5.74) is 0.544. The highest BCUT2D eigenvalue weighted by molar-refractivity contribution is 5.54. The minimum absolute atomic E-state index is 0.211. The molecular formula is C19H17F3N4O2. The molecule has 9 heteroatoms. The number of aliphatic hydroxyl groups excluding tert-OH is 1. The van der Waals surface area contributed by atoms with E-state index < -0.39 is 17.8 Å². The van der Waals surface area contributed by atoms with Gasteiger partial charge in [-0.05, 0) is 30.7 Å². The van der Waals surface area contributed by atoms with E-state index in [4.69, 9.17) is 4.52 Å². The standard InChI is InChI=1S/C19H17F3N4O2/c20-19(21,22)13-6-4-12(5-7-13)17-24-18(28-25-17)16-9-15(27)11-26(16)10-14-3-1-2-8-23-14/h1-8,15-16,27H,9-11H2. The van der Waals surface area contributed by atoms with Gasteiger partial charge in [0.2, 0.25) is 11.7 Å². The van der Waals surface area contributed by atoms with E-state index in [0.717, 1.165) is 17.8 Å². The Morgan fingerprint density at radius 2 is 1.93 bits per heavy atom. The van der Waals surface area contributed by atoms with Crippen molar-refractivity contribution in [3.63, 3.8) is 0 Å². The van der Waals surface area contributed by atoms with E-state index in [9.17, 15) is 18.3 Å². The first kappa shape index (κ1) is 18.6. The van der Waals surface area contributed by atoms with Crippen LogP contribution in [0.15, 0.2) is 53.2 Å². The van der Waals surface area contributed by atoms with Crippen LogP contribution in [-0.2, 0) is 12.7 Å². The summed E-state index contributed by atoms with van der Waals surface area (Å²) in [7, 11) is 0. The molecule has 4 rings (SSSR count). The van der Waals surface area contributed by atoms with E-state index in [1.807, 2.05) is 23.1 Å². The molecular weight excluding hydrogens is 373 g/mol. The van der Waals surface area contributed by atoms with Crippen LogP contribution in [0.5, 0.6) is 0 Å². The summed E-state index contributed by atoms with van der Waals surface area (Å²) in [5, 5.41) is 14.0. The molecule has 0 aliphatic carbocycles. The van der Waals surface area contributed by atoms with Crippen molar-refractivity contribution < 1.29 is 22.8 Å². The molecule has 0 radical (unpaired) electrons. The lowest BCUT2D eigenvalue weighted by Crippen LogP contribution is -2.25. The number of hydrogen-bond donors (Lipinski definition) is 1. The molecule has 0 spiro atoms. The third-order valence-corrected chi connectivity index (χ3v) is 4.67. The fraction of sp³-hybridized carbons (Fsp3) is 0.316. The van der Waals surface area contributed by atoms with Crippen molar-refractivity contribution in [1.82, 2.24) is 20.0 Å². The summed E-state index contributed by atoms with van der Waals surface area (Å²) in [6.07, 6.45) is -2.80. The first-order chi connectivity index (χ1) is 13.4. The maximum absolute atomic E-state index is 12.7. The number of hydrogen-bond acceptors (Lipinski definition) is 6. The van der Waals surface area contributed by atoms with Crippen LogP contribution in [0.4, 0.5) is 13.2 Å². The fourth-order valence-corrected chi connectivity index (χ4v) is 3.31. The lowest BCUT2D eigenvalue weighted by Gasteiger charge is -2.20. The molecule has 1 N–H and O–H groups in total. The smallest absolute Gasteiger partial charge is 0.392 e. The molecule has 1 aromatic carbocycles. The van der Waals surface area contributed by atoms with E-state index in [1.54, 1.807) is 6.20 Å². The van der Waals surface area contributed by atoms with Crippen LogP contribution in [0.2, 0.25) is 0 Å². The van der Waals surface area contributed by atoms with Crippen molar-refractivity contribution in [2.75, 3.05) is 6.54 Å². The molecule has 1 fully saturated rings. The van der Waals surface area contributed by atoms with E-state index in [0.29, 0.717) is 31.0 Å². The van der Waals surface area contributed by atoms with Crippen molar-refractivity contribution in [3.8, 4) is 11.4 Å². The second-order valence-corrected chi connectivity index (χ2v) is 6.69. The van der Waals surface area contributed by atoms with Crippen LogP contribution in [0.3, 0.4) is 0 Å². The first-order valence-electron chi connectivity index (χ1n) is 8.73. The molecule has 1 aliphatic heterocycles. The van der Waals surface area contributed by atoms with Gasteiger partial charge >= 0.3 is 6.18 Å². The maximum atomic E-state index is 12.7. The zero-order valence-electron chi connectivity index (χ0n) is 14.7. The van der Waals surface area contributed by atoms with Gasteiger partial charge in [-0.25, -0.2) is 0 Å². The topological polar surface area (TPSA) is 75.3 Å². The summed E-state index contributed by atoms with van der Waals surface area (Å²) in [5.74, 6) is 0.533. The Labute approximate surface area is 158 Å². The van der Waals surface area contributed by atoms with Crippen LogP contribution in [0.1, 0.15) is 29.6 Å². The Hall–Kier alpha value is -2.78. The Bertz CT molecular complexity index is 928. The third-order valence-electron chi connectivity index (χ3n) is 4.67. The van der Waals surface area contributed by atoms with Gasteiger partial charge in [-0.1, -0.05) is 23.4 Å². The van der Waals surface area contributed by atoms with Crippen LogP contribution in [0, 0.1) is 0 Å². The highest BCUT2D eigenvalue weighted by Crippen LogP contribution is 2.34. The van der Waals surface area contributed by atoms with Crippen LogP contribution in [0.25, 0.3) is 11.4 Å². The number of halogens is 3. The van der Waals surface area contributed by atoms with Crippen LogP contribution >= 0.6 is 0 Å². The number of nitrogens with zero attached hydrogens (tertiary/aromatic N) is 4. The largest absolute Gasteiger partial charge is 0.416 e. The SMILES string of the molecule is OC1CC(c2nc(-c3ccc(C(F)(F)F)cc3)no2)N(Cc2ccccn2)C1. The van der Waals surface area contributed by atoms with E-state index in [1.165, 1.54) is 12.1 Å². The zero-order chi connectivity index (χ0) is 19.7. The Balaban J connectivity index is 1.54. The maximum Gasteiger partial charge on any atom is 0.416 e. The average Bonchev–Trinajstić information content (AvgIpc) is 3.29. The number of rotatable bonds is 4. The van der Waals surface area contributed by atoms with Crippen molar-refractivity contribution >= 4 is 0 Å². The fourth-order valence-electron chi connectivity index (χ4n) is 3.31. The molecule has 2 unspecified atom stereocenters. The van der Waals surface area contributed by atoms with E-state index >= 15 is 0 Å². The predicted molar refractivity (Wildman–Crippen MR) is 92.7 cm³/mol. The first-order valence-corrected chi connectivity index (χ1v) is 8.73. The van der Waals surface area contributed by atoms with Gasteiger partial charge < -0.3 is 9.63 Å². The summed E-state index contributed by atoms with van der Waals surface area (Å²) in [6.45, 7) is 0.958.